The Balaban J connectivity index is 1.61. The molecule has 0 aromatic heterocycles. The van der Waals surface area contributed by atoms with Crippen molar-refractivity contribution in [3.8, 4) is 11.1 Å². The Labute approximate surface area is 159 Å². The number of nitrogens with one attached hydrogen (secondary N) is 1. The van der Waals surface area contributed by atoms with E-state index >= 15 is 0 Å². The lowest BCUT2D eigenvalue weighted by atomic mass is 10.0. The first kappa shape index (κ1) is 18.4. The summed E-state index contributed by atoms with van der Waals surface area (Å²) in [6.07, 6.45) is 0. The fourth-order valence-electron chi connectivity index (χ4n) is 2.78. The summed E-state index contributed by atoms with van der Waals surface area (Å²) in [6.45, 7) is 1.98. The van der Waals surface area contributed by atoms with Crippen molar-refractivity contribution < 1.29 is 9.59 Å². The molecule has 1 N–H and O–H groups in total. The maximum atomic E-state index is 12.6. The quantitative estimate of drug-likeness (QED) is 0.736. The summed E-state index contributed by atoms with van der Waals surface area (Å²) in [6, 6.07) is 25.0. The molecule has 0 fully saturated rings. The Morgan fingerprint density at radius 3 is 2.04 bits per heavy atom. The maximum Gasteiger partial charge on any atom is 0.254 e. The summed E-state index contributed by atoms with van der Waals surface area (Å²) < 4.78 is 0. The molecule has 3 rings (SSSR count). The Kier molecular flexibility index (Phi) is 5.67. The molecule has 0 atom stereocenters. The van der Waals surface area contributed by atoms with Crippen LogP contribution in [0.3, 0.4) is 0 Å². The number of carbonyl (C=O) groups is 2. The van der Waals surface area contributed by atoms with Gasteiger partial charge in [-0.25, -0.2) is 0 Å². The fourth-order valence-corrected chi connectivity index (χ4v) is 2.78. The van der Waals surface area contributed by atoms with Gasteiger partial charge in [0.05, 0.1) is 6.54 Å². The van der Waals surface area contributed by atoms with E-state index in [9.17, 15) is 9.59 Å². The molecule has 0 aliphatic carbocycles. The van der Waals surface area contributed by atoms with E-state index in [0.29, 0.717) is 5.56 Å². The van der Waals surface area contributed by atoms with Crippen LogP contribution in [0.4, 0.5) is 5.69 Å². The van der Waals surface area contributed by atoms with Crippen molar-refractivity contribution in [3.05, 3.63) is 90.0 Å². The Morgan fingerprint density at radius 1 is 0.815 bits per heavy atom. The van der Waals surface area contributed by atoms with Gasteiger partial charge in [0.1, 0.15) is 0 Å². The van der Waals surface area contributed by atoms with Gasteiger partial charge < -0.3 is 10.2 Å². The van der Waals surface area contributed by atoms with E-state index < -0.39 is 0 Å². The molecule has 0 aliphatic rings. The molecule has 4 nitrogen and oxygen atoms in total. The van der Waals surface area contributed by atoms with Gasteiger partial charge in [-0.05, 0) is 42.3 Å². The summed E-state index contributed by atoms with van der Waals surface area (Å²) in [5, 5.41) is 2.80. The van der Waals surface area contributed by atoms with Crippen molar-refractivity contribution in [2.75, 3.05) is 18.9 Å². The van der Waals surface area contributed by atoms with Gasteiger partial charge >= 0.3 is 0 Å². The number of carbonyl (C=O) groups excluding carboxylic acids is 2. The van der Waals surface area contributed by atoms with E-state index in [0.717, 1.165) is 22.4 Å². The number of aryl methyl sites for hydroxylation is 1. The summed E-state index contributed by atoms with van der Waals surface area (Å²) in [4.78, 5) is 26.2. The zero-order valence-electron chi connectivity index (χ0n) is 15.5. The van der Waals surface area contributed by atoms with Gasteiger partial charge in [-0.15, -0.1) is 0 Å². The topological polar surface area (TPSA) is 49.4 Å². The second-order valence-electron chi connectivity index (χ2n) is 6.52. The van der Waals surface area contributed by atoms with Gasteiger partial charge in [0.2, 0.25) is 5.91 Å². The van der Waals surface area contributed by atoms with Gasteiger partial charge in [0.25, 0.3) is 5.91 Å². The highest BCUT2D eigenvalue weighted by Gasteiger charge is 2.15. The van der Waals surface area contributed by atoms with Crippen molar-refractivity contribution in [2.24, 2.45) is 0 Å². The van der Waals surface area contributed by atoms with Gasteiger partial charge in [-0.1, -0.05) is 60.2 Å². The van der Waals surface area contributed by atoms with Gasteiger partial charge in [-0.3, -0.25) is 9.59 Å². The molecule has 0 radical (unpaired) electrons. The number of rotatable bonds is 5. The van der Waals surface area contributed by atoms with Crippen molar-refractivity contribution >= 4 is 17.5 Å². The lowest BCUT2D eigenvalue weighted by Gasteiger charge is -2.17. The van der Waals surface area contributed by atoms with Crippen molar-refractivity contribution in [1.29, 1.82) is 0 Å². The largest absolute Gasteiger partial charge is 0.332 e. The molecule has 0 saturated heterocycles. The molecule has 2 amide bonds. The van der Waals surface area contributed by atoms with Crippen LogP contribution in [0.15, 0.2) is 78.9 Å². The number of hydrogen-bond donors (Lipinski definition) is 1. The second kappa shape index (κ2) is 8.32. The summed E-state index contributed by atoms with van der Waals surface area (Å²) in [5.74, 6) is -0.413. The first-order valence-electron chi connectivity index (χ1n) is 8.80. The van der Waals surface area contributed by atoms with Crippen LogP contribution in [-0.4, -0.2) is 30.3 Å². The predicted molar refractivity (Wildman–Crippen MR) is 109 cm³/mol. The monoisotopic (exact) mass is 358 g/mol. The van der Waals surface area contributed by atoms with Crippen LogP contribution >= 0.6 is 0 Å². The first-order chi connectivity index (χ1) is 13.0. The smallest absolute Gasteiger partial charge is 0.254 e. The lowest BCUT2D eigenvalue weighted by molar-refractivity contribution is -0.116. The first-order valence-corrected chi connectivity index (χ1v) is 8.80. The van der Waals surface area contributed by atoms with E-state index in [2.05, 4.69) is 5.32 Å². The molecule has 136 valence electrons. The SMILES string of the molecule is Cc1ccc(NC(=O)CN(C)C(=O)c2ccc(-c3ccccc3)cc2)cc1. The minimum absolute atomic E-state index is 0.00680. The third kappa shape index (κ3) is 4.82. The molecular weight excluding hydrogens is 336 g/mol. The molecular formula is C23H22N2O2. The van der Waals surface area contributed by atoms with Crippen LogP contribution in [0, 0.1) is 6.92 Å². The molecule has 0 heterocycles. The van der Waals surface area contributed by atoms with Crippen LogP contribution in [0.5, 0.6) is 0 Å². The third-order valence-corrected chi connectivity index (χ3v) is 4.30. The number of likely N-dealkylation sites (N-methyl/N-ethyl adjacent to an activating group) is 1. The number of amides is 2. The highest BCUT2D eigenvalue weighted by atomic mass is 16.2. The third-order valence-electron chi connectivity index (χ3n) is 4.30. The van der Waals surface area contributed by atoms with Crippen LogP contribution in [0.2, 0.25) is 0 Å². The standard InChI is InChI=1S/C23H22N2O2/c1-17-8-14-21(15-9-17)24-22(26)16-25(2)23(27)20-12-10-19(11-13-20)18-6-4-3-5-7-18/h3-15H,16H2,1-2H3,(H,24,26). The highest BCUT2D eigenvalue weighted by molar-refractivity contribution is 5.99. The summed E-state index contributed by atoms with van der Waals surface area (Å²) >= 11 is 0. The lowest BCUT2D eigenvalue weighted by Crippen LogP contribution is -2.34. The molecule has 3 aromatic carbocycles. The molecule has 0 spiro atoms. The van der Waals surface area contributed by atoms with Gasteiger partial charge in [0, 0.05) is 18.3 Å². The average Bonchev–Trinajstić information content (AvgIpc) is 2.70. The normalized spacial score (nSPS) is 10.3. The molecule has 0 bridgehead atoms. The number of hydrogen-bond acceptors (Lipinski definition) is 2. The van der Waals surface area contributed by atoms with Gasteiger partial charge in [-0.2, -0.15) is 0 Å². The van der Waals surface area contributed by atoms with E-state index in [4.69, 9.17) is 0 Å². The fraction of sp³-hybridized carbons (Fsp3) is 0.130. The average molecular weight is 358 g/mol. The molecule has 4 heteroatoms. The zero-order valence-corrected chi connectivity index (χ0v) is 15.5. The Bertz CT molecular complexity index is 917. The zero-order chi connectivity index (χ0) is 19.2. The number of nitrogens with zero attached hydrogens (tertiary/aromatic N) is 1. The summed E-state index contributed by atoms with van der Waals surface area (Å²) in [7, 11) is 1.63. The molecule has 0 aliphatic heterocycles. The predicted octanol–water partition coefficient (Wildman–Crippen LogP) is 4.37. The molecule has 3 aromatic rings. The molecule has 0 saturated carbocycles. The highest BCUT2D eigenvalue weighted by Crippen LogP contribution is 2.19. The number of anilines is 1. The molecule has 0 unspecified atom stereocenters. The molecule has 27 heavy (non-hydrogen) atoms. The van der Waals surface area contributed by atoms with Crippen LogP contribution in [0.1, 0.15) is 15.9 Å². The van der Waals surface area contributed by atoms with E-state index in [-0.39, 0.29) is 18.4 Å². The number of benzene rings is 3. The Hall–Kier alpha value is -3.40. The minimum atomic E-state index is -0.226. The van der Waals surface area contributed by atoms with E-state index in [1.165, 1.54) is 4.90 Å². The maximum absolute atomic E-state index is 12.6. The second-order valence-corrected chi connectivity index (χ2v) is 6.52. The van der Waals surface area contributed by atoms with Crippen molar-refractivity contribution in [1.82, 2.24) is 4.90 Å². The van der Waals surface area contributed by atoms with Crippen LogP contribution in [-0.2, 0) is 4.79 Å². The Morgan fingerprint density at radius 2 is 1.41 bits per heavy atom. The van der Waals surface area contributed by atoms with E-state index in [1.54, 1.807) is 19.2 Å². The van der Waals surface area contributed by atoms with Gasteiger partial charge in [0.15, 0.2) is 0 Å². The van der Waals surface area contributed by atoms with Crippen molar-refractivity contribution in [3.63, 3.8) is 0 Å². The van der Waals surface area contributed by atoms with Crippen molar-refractivity contribution in [2.45, 2.75) is 6.92 Å². The van der Waals surface area contributed by atoms with Crippen LogP contribution < -0.4 is 5.32 Å². The minimum Gasteiger partial charge on any atom is -0.332 e. The van der Waals surface area contributed by atoms with E-state index in [1.807, 2.05) is 73.7 Å². The summed E-state index contributed by atoms with van der Waals surface area (Å²) in [5.41, 5.74) is 4.55. The van der Waals surface area contributed by atoms with Crippen LogP contribution in [0.25, 0.3) is 11.1 Å².